The highest BCUT2D eigenvalue weighted by Crippen LogP contribution is 2.25. The van der Waals surface area contributed by atoms with Crippen LogP contribution in [-0.4, -0.2) is 53.8 Å². The van der Waals surface area contributed by atoms with Crippen LogP contribution in [0.5, 0.6) is 5.75 Å². The lowest BCUT2D eigenvalue weighted by Crippen LogP contribution is -2.47. The average molecular weight is 402 g/mol. The first kappa shape index (κ1) is 21.3. The summed E-state index contributed by atoms with van der Waals surface area (Å²) >= 11 is 0. The van der Waals surface area contributed by atoms with E-state index in [0.29, 0.717) is 25.2 Å². The lowest BCUT2D eigenvalue weighted by molar-refractivity contribution is -0.0718. The van der Waals surface area contributed by atoms with Gasteiger partial charge in [-0.05, 0) is 51.3 Å². The second kappa shape index (κ2) is 8.97. The third-order valence-electron chi connectivity index (χ3n) is 4.92. The molecule has 0 spiro atoms. The number of aliphatic hydroxyl groups excluding tert-OH is 1. The van der Waals surface area contributed by atoms with Crippen LogP contribution in [0.25, 0.3) is 10.9 Å². The van der Waals surface area contributed by atoms with Crippen molar-refractivity contribution >= 4 is 17.0 Å². The van der Waals surface area contributed by atoms with Crippen LogP contribution >= 0.6 is 0 Å². The molecule has 1 fully saturated rings. The third kappa shape index (κ3) is 5.81. The fraction of sp³-hybridized carbons (Fsp3) is 0.545. The number of ether oxygens (including phenoxy) is 3. The van der Waals surface area contributed by atoms with Crippen molar-refractivity contribution in [2.24, 2.45) is 0 Å². The molecule has 0 bridgehead atoms. The Balaban J connectivity index is 1.57. The maximum atomic E-state index is 11.9. The predicted octanol–water partition coefficient (Wildman–Crippen LogP) is 3.22. The van der Waals surface area contributed by atoms with Crippen LogP contribution in [0, 0.1) is 0 Å². The van der Waals surface area contributed by atoms with Crippen LogP contribution in [0.15, 0.2) is 30.5 Å². The van der Waals surface area contributed by atoms with Crippen molar-refractivity contribution in [3.63, 3.8) is 0 Å². The largest absolute Gasteiger partial charge is 0.495 e. The monoisotopic (exact) mass is 402 g/mol. The van der Waals surface area contributed by atoms with Gasteiger partial charge in [0.1, 0.15) is 11.4 Å². The predicted molar refractivity (Wildman–Crippen MR) is 110 cm³/mol. The Morgan fingerprint density at radius 1 is 1.38 bits per heavy atom. The number of fused-ring (bicyclic) bond motifs is 1. The second-order valence-electron chi connectivity index (χ2n) is 8.42. The summed E-state index contributed by atoms with van der Waals surface area (Å²) in [6.07, 6.45) is 2.17. The van der Waals surface area contributed by atoms with Crippen molar-refractivity contribution in [1.29, 1.82) is 0 Å². The number of aliphatic hydroxyl groups is 1. The van der Waals surface area contributed by atoms with Crippen molar-refractivity contribution in [2.45, 2.75) is 63.9 Å². The molecule has 1 aromatic heterocycles. The average Bonchev–Trinajstić information content (AvgIpc) is 2.67. The smallest absolute Gasteiger partial charge is 0.407 e. The topological polar surface area (TPSA) is 89.9 Å². The van der Waals surface area contributed by atoms with E-state index in [-0.39, 0.29) is 12.1 Å². The molecule has 158 valence electrons. The first-order valence-electron chi connectivity index (χ1n) is 9.96. The SMILES string of the molecule is COc1cnc2cccc(C[C@H](O)[C@@H]3CC[C@@H](NC(=O)OC(C)(C)C)CO3)c2c1. The number of alkyl carbamates (subject to hydrolysis) is 1. The molecule has 2 heterocycles. The van der Waals surface area contributed by atoms with E-state index in [1.165, 1.54) is 0 Å². The lowest BCUT2D eigenvalue weighted by Gasteiger charge is -2.33. The number of aromatic nitrogens is 1. The number of hydrogen-bond acceptors (Lipinski definition) is 6. The fourth-order valence-electron chi connectivity index (χ4n) is 3.50. The number of amides is 1. The molecule has 1 aromatic carbocycles. The Labute approximate surface area is 171 Å². The zero-order valence-electron chi connectivity index (χ0n) is 17.5. The molecule has 1 aliphatic heterocycles. The first-order valence-corrected chi connectivity index (χ1v) is 9.96. The van der Waals surface area contributed by atoms with Crippen LogP contribution in [-0.2, 0) is 15.9 Å². The van der Waals surface area contributed by atoms with Gasteiger partial charge in [-0.2, -0.15) is 0 Å². The highest BCUT2D eigenvalue weighted by molar-refractivity contribution is 5.83. The number of carbonyl (C=O) groups is 1. The number of nitrogens with zero attached hydrogens (tertiary/aromatic N) is 1. The molecule has 0 radical (unpaired) electrons. The summed E-state index contributed by atoms with van der Waals surface area (Å²) < 4.78 is 16.4. The molecule has 3 rings (SSSR count). The van der Waals surface area contributed by atoms with Crippen LogP contribution in [0.1, 0.15) is 39.2 Å². The maximum Gasteiger partial charge on any atom is 0.407 e. The summed E-state index contributed by atoms with van der Waals surface area (Å²) in [5, 5.41) is 14.5. The number of hydrogen-bond donors (Lipinski definition) is 2. The molecule has 7 heteroatoms. The van der Waals surface area contributed by atoms with E-state index in [1.54, 1.807) is 13.3 Å². The number of benzene rings is 1. The van der Waals surface area contributed by atoms with E-state index in [2.05, 4.69) is 10.3 Å². The lowest BCUT2D eigenvalue weighted by atomic mass is 9.95. The molecule has 1 aliphatic rings. The van der Waals surface area contributed by atoms with E-state index in [4.69, 9.17) is 14.2 Å². The summed E-state index contributed by atoms with van der Waals surface area (Å²) in [4.78, 5) is 16.3. The van der Waals surface area contributed by atoms with Gasteiger partial charge in [0.2, 0.25) is 0 Å². The van der Waals surface area contributed by atoms with E-state index >= 15 is 0 Å². The molecule has 0 unspecified atom stereocenters. The van der Waals surface area contributed by atoms with Gasteiger partial charge in [-0.25, -0.2) is 4.79 Å². The zero-order valence-corrected chi connectivity index (χ0v) is 17.5. The Hall–Kier alpha value is -2.38. The van der Waals surface area contributed by atoms with Gasteiger partial charge in [0.15, 0.2) is 0 Å². The molecular formula is C22H30N2O5. The minimum Gasteiger partial charge on any atom is -0.495 e. The van der Waals surface area contributed by atoms with Gasteiger partial charge < -0.3 is 24.6 Å². The number of rotatable bonds is 5. The summed E-state index contributed by atoms with van der Waals surface area (Å²) in [5.41, 5.74) is 1.33. The quantitative estimate of drug-likeness (QED) is 0.798. The van der Waals surface area contributed by atoms with Gasteiger partial charge in [-0.15, -0.1) is 0 Å². The van der Waals surface area contributed by atoms with Gasteiger partial charge >= 0.3 is 6.09 Å². The van der Waals surface area contributed by atoms with Crippen LogP contribution in [0.4, 0.5) is 4.79 Å². The second-order valence-corrected chi connectivity index (χ2v) is 8.42. The maximum absolute atomic E-state index is 11.9. The van der Waals surface area contributed by atoms with E-state index in [9.17, 15) is 9.90 Å². The highest BCUT2D eigenvalue weighted by atomic mass is 16.6. The summed E-state index contributed by atoms with van der Waals surface area (Å²) in [7, 11) is 1.61. The van der Waals surface area contributed by atoms with Gasteiger partial charge in [0, 0.05) is 11.8 Å². The van der Waals surface area contributed by atoms with Crippen molar-refractivity contribution in [1.82, 2.24) is 10.3 Å². The molecular weight excluding hydrogens is 372 g/mol. The fourth-order valence-corrected chi connectivity index (χ4v) is 3.50. The number of pyridine rings is 1. The minimum atomic E-state index is -0.644. The van der Waals surface area contributed by atoms with Crippen molar-refractivity contribution < 1.29 is 24.1 Å². The number of nitrogens with one attached hydrogen (secondary N) is 1. The van der Waals surface area contributed by atoms with Gasteiger partial charge in [0.05, 0.1) is 43.7 Å². The van der Waals surface area contributed by atoms with E-state index in [0.717, 1.165) is 22.9 Å². The zero-order chi connectivity index (χ0) is 21.0. The molecule has 2 N–H and O–H groups in total. The van der Waals surface area contributed by atoms with Crippen LogP contribution in [0.3, 0.4) is 0 Å². The number of carbonyl (C=O) groups excluding carboxylic acids is 1. The molecule has 3 atom stereocenters. The Bertz CT molecular complexity index is 841. The van der Waals surface area contributed by atoms with Crippen LogP contribution < -0.4 is 10.1 Å². The third-order valence-corrected chi connectivity index (χ3v) is 4.92. The minimum absolute atomic E-state index is 0.112. The Kier molecular flexibility index (Phi) is 6.59. The van der Waals surface area contributed by atoms with Crippen molar-refractivity contribution in [3.8, 4) is 5.75 Å². The van der Waals surface area contributed by atoms with E-state index in [1.807, 2.05) is 45.0 Å². The summed E-state index contributed by atoms with van der Waals surface area (Å²) in [5.74, 6) is 0.685. The molecule has 0 aliphatic carbocycles. The Morgan fingerprint density at radius 3 is 2.83 bits per heavy atom. The molecule has 1 saturated heterocycles. The molecule has 0 saturated carbocycles. The normalized spacial score (nSPS) is 20.9. The van der Waals surface area contributed by atoms with Gasteiger partial charge in [0.25, 0.3) is 0 Å². The molecule has 2 aromatic rings. The van der Waals surface area contributed by atoms with Gasteiger partial charge in [-0.1, -0.05) is 12.1 Å². The number of methoxy groups -OCH3 is 1. The van der Waals surface area contributed by atoms with Crippen molar-refractivity contribution in [2.75, 3.05) is 13.7 Å². The Morgan fingerprint density at radius 2 is 2.17 bits per heavy atom. The molecule has 29 heavy (non-hydrogen) atoms. The van der Waals surface area contributed by atoms with Crippen LogP contribution in [0.2, 0.25) is 0 Å². The molecule has 7 nitrogen and oxygen atoms in total. The summed E-state index contributed by atoms with van der Waals surface area (Å²) in [6, 6.07) is 7.69. The summed E-state index contributed by atoms with van der Waals surface area (Å²) in [6.45, 7) is 5.84. The van der Waals surface area contributed by atoms with Gasteiger partial charge in [-0.3, -0.25) is 4.98 Å². The standard InChI is InChI=1S/C22H30N2O5/c1-22(2,3)29-21(26)24-15-8-9-20(28-13-15)19(25)10-14-6-5-7-18-17(14)11-16(27-4)12-23-18/h5-7,11-12,15,19-20,25H,8-10,13H2,1-4H3,(H,24,26)/t15-,19+,20+/m1/s1. The highest BCUT2D eigenvalue weighted by Gasteiger charge is 2.29. The van der Waals surface area contributed by atoms with Crippen molar-refractivity contribution in [3.05, 3.63) is 36.0 Å². The van der Waals surface area contributed by atoms with E-state index < -0.39 is 17.8 Å². The molecule has 1 amide bonds. The first-order chi connectivity index (χ1) is 13.7.